The molecule has 0 saturated carbocycles. The van der Waals surface area contributed by atoms with Crippen LogP contribution in [0.1, 0.15) is 83.2 Å². The third-order valence-electron chi connectivity index (χ3n) is 6.75. The van der Waals surface area contributed by atoms with Gasteiger partial charge in [0.25, 0.3) is 11.8 Å². The van der Waals surface area contributed by atoms with Crippen LogP contribution in [0.15, 0.2) is 36.4 Å². The lowest BCUT2D eigenvalue weighted by Gasteiger charge is -2.25. The first kappa shape index (κ1) is 34.2. The monoisotopic (exact) mass is 615 g/mol. The second-order valence-electron chi connectivity index (χ2n) is 11.3. The molecule has 2 aromatic carbocycles. The summed E-state index contributed by atoms with van der Waals surface area (Å²) in [6, 6.07) is 7.22. The normalized spacial score (nSPS) is 12.8. The third-order valence-corrected chi connectivity index (χ3v) is 7.50. The number of aliphatic hydroxyl groups excluding tert-OH is 1. The lowest BCUT2D eigenvalue weighted by Crippen LogP contribution is -2.48. The summed E-state index contributed by atoms with van der Waals surface area (Å²) in [7, 11) is 0. The molecule has 11 heteroatoms. The number of hydrogen-bond donors (Lipinski definition) is 3. The van der Waals surface area contributed by atoms with Crippen molar-refractivity contribution < 1.29 is 23.5 Å². The predicted octanol–water partition coefficient (Wildman–Crippen LogP) is 5.08. The molecule has 1 heterocycles. The van der Waals surface area contributed by atoms with Gasteiger partial charge in [-0.25, -0.2) is 13.8 Å². The Balaban J connectivity index is 1.78. The van der Waals surface area contributed by atoms with Gasteiger partial charge in [-0.1, -0.05) is 27.7 Å². The highest BCUT2D eigenvalue weighted by atomic mass is 32.1. The van der Waals surface area contributed by atoms with E-state index in [1.54, 1.807) is 23.1 Å². The van der Waals surface area contributed by atoms with E-state index >= 15 is 0 Å². The molecule has 3 N–H and O–H groups in total. The van der Waals surface area contributed by atoms with Gasteiger partial charge < -0.3 is 20.6 Å². The van der Waals surface area contributed by atoms with Crippen LogP contribution in [0.25, 0.3) is 0 Å². The van der Waals surface area contributed by atoms with Crippen LogP contribution in [0.4, 0.5) is 8.78 Å². The number of halogens is 2. The molecule has 0 saturated heterocycles. The zero-order valence-electron chi connectivity index (χ0n) is 25.6. The van der Waals surface area contributed by atoms with Gasteiger partial charge in [0, 0.05) is 49.8 Å². The van der Waals surface area contributed by atoms with Crippen molar-refractivity contribution in [3.05, 3.63) is 81.1 Å². The minimum absolute atomic E-state index is 0.0149. The fourth-order valence-electron chi connectivity index (χ4n) is 4.87. The summed E-state index contributed by atoms with van der Waals surface area (Å²) in [5.74, 6) is -0.926. The SMILES string of the molecule is CCCN(CCC)C(=O)c1cc(C)cc(C(=O)N[C@@H](Cc2cc(F)cc(F)c2)[C@H](O)CNCc2nc(CC(C)C)ns2)c1. The quantitative estimate of drug-likeness (QED) is 0.208. The largest absolute Gasteiger partial charge is 0.390 e. The Hall–Kier alpha value is -3.28. The molecule has 0 unspecified atom stereocenters. The number of hydrogen-bond acceptors (Lipinski definition) is 7. The lowest BCUT2D eigenvalue weighted by atomic mass is 9.99. The fraction of sp³-hybridized carbons (Fsp3) is 0.500. The summed E-state index contributed by atoms with van der Waals surface area (Å²) in [6.45, 7) is 11.7. The van der Waals surface area contributed by atoms with Gasteiger partial charge in [0.2, 0.25) is 0 Å². The molecule has 0 fully saturated rings. The smallest absolute Gasteiger partial charge is 0.253 e. The zero-order chi connectivity index (χ0) is 31.5. The summed E-state index contributed by atoms with van der Waals surface area (Å²) in [4.78, 5) is 33.0. The van der Waals surface area contributed by atoms with Crippen LogP contribution in [-0.4, -0.2) is 63.0 Å². The van der Waals surface area contributed by atoms with E-state index in [0.717, 1.165) is 41.7 Å². The van der Waals surface area contributed by atoms with Gasteiger partial charge in [-0.05, 0) is 85.1 Å². The second-order valence-corrected chi connectivity index (χ2v) is 12.2. The molecule has 234 valence electrons. The van der Waals surface area contributed by atoms with Crippen LogP contribution in [0.3, 0.4) is 0 Å². The maximum atomic E-state index is 14.0. The molecule has 0 spiro atoms. The maximum Gasteiger partial charge on any atom is 0.253 e. The topological polar surface area (TPSA) is 107 Å². The van der Waals surface area contributed by atoms with Crippen LogP contribution in [0.2, 0.25) is 0 Å². The number of carbonyl (C=O) groups is 2. The van der Waals surface area contributed by atoms with Gasteiger partial charge in [0.1, 0.15) is 22.5 Å². The molecule has 0 bridgehead atoms. The lowest BCUT2D eigenvalue weighted by molar-refractivity contribution is 0.0755. The summed E-state index contributed by atoms with van der Waals surface area (Å²) >= 11 is 1.29. The Kier molecular flexibility index (Phi) is 13.2. The number of aromatic nitrogens is 2. The number of aliphatic hydroxyl groups is 1. The fourth-order valence-corrected chi connectivity index (χ4v) is 5.51. The second kappa shape index (κ2) is 16.5. The van der Waals surface area contributed by atoms with Crippen LogP contribution in [-0.2, 0) is 19.4 Å². The van der Waals surface area contributed by atoms with Crippen molar-refractivity contribution in [1.29, 1.82) is 0 Å². The average Bonchev–Trinajstić information content (AvgIpc) is 3.37. The number of rotatable bonds is 16. The standard InChI is InChI=1S/C32H43F2N5O3S/c1-6-8-39(9-7-2)32(42)24-12-21(5)11-23(16-24)31(41)36-27(15-22-13-25(33)17-26(34)14-22)28(40)18-35-19-30-37-29(38-43-30)10-20(3)4/h11-14,16-17,20,27-28,35,40H,6-10,15,18-19H2,1-5H3,(H,36,41)/t27-,28+/m0/s1. The average molecular weight is 616 g/mol. The molecule has 3 aromatic rings. The molecule has 2 atom stereocenters. The molecular formula is C32H43F2N5O3S. The summed E-state index contributed by atoms with van der Waals surface area (Å²) in [6.07, 6.45) is 1.29. The van der Waals surface area contributed by atoms with Crippen molar-refractivity contribution in [2.45, 2.75) is 79.0 Å². The highest BCUT2D eigenvalue weighted by Crippen LogP contribution is 2.16. The molecule has 8 nitrogen and oxygen atoms in total. The van der Waals surface area contributed by atoms with Crippen LogP contribution < -0.4 is 10.6 Å². The predicted molar refractivity (Wildman–Crippen MR) is 165 cm³/mol. The molecule has 3 rings (SSSR count). The first-order valence-corrected chi connectivity index (χ1v) is 15.6. The maximum absolute atomic E-state index is 14.0. The number of benzene rings is 2. The molecule has 2 amide bonds. The molecule has 1 aromatic heterocycles. The van der Waals surface area contributed by atoms with E-state index in [0.29, 0.717) is 36.7 Å². The van der Waals surface area contributed by atoms with E-state index in [-0.39, 0.29) is 24.4 Å². The van der Waals surface area contributed by atoms with Gasteiger partial charge in [-0.3, -0.25) is 9.59 Å². The Morgan fingerprint density at radius 1 is 0.977 bits per heavy atom. The Labute approximate surface area is 257 Å². The first-order chi connectivity index (χ1) is 20.5. The van der Waals surface area contributed by atoms with E-state index in [1.165, 1.54) is 23.7 Å². The van der Waals surface area contributed by atoms with Gasteiger partial charge in [0.05, 0.1) is 12.1 Å². The Morgan fingerprint density at radius 3 is 2.26 bits per heavy atom. The van der Waals surface area contributed by atoms with Crippen LogP contribution >= 0.6 is 11.5 Å². The Morgan fingerprint density at radius 2 is 1.63 bits per heavy atom. The molecule has 43 heavy (non-hydrogen) atoms. The third kappa shape index (κ3) is 10.7. The van der Waals surface area contributed by atoms with E-state index in [2.05, 4.69) is 33.8 Å². The molecule has 0 aliphatic carbocycles. The van der Waals surface area contributed by atoms with E-state index in [1.807, 2.05) is 20.8 Å². The van der Waals surface area contributed by atoms with Crippen LogP contribution in [0, 0.1) is 24.5 Å². The molecule has 0 aliphatic rings. The molecular weight excluding hydrogens is 572 g/mol. The molecule has 0 radical (unpaired) electrons. The zero-order valence-corrected chi connectivity index (χ0v) is 26.4. The molecule has 0 aliphatic heterocycles. The van der Waals surface area contributed by atoms with Gasteiger partial charge in [0.15, 0.2) is 0 Å². The van der Waals surface area contributed by atoms with Crippen molar-refractivity contribution >= 4 is 23.3 Å². The van der Waals surface area contributed by atoms with Crippen molar-refractivity contribution in [2.24, 2.45) is 5.92 Å². The Bertz CT molecular complexity index is 1340. The number of aryl methyl sites for hydroxylation is 1. The summed E-state index contributed by atoms with van der Waals surface area (Å²) in [5, 5.41) is 17.9. The first-order valence-electron chi connectivity index (χ1n) is 14.9. The van der Waals surface area contributed by atoms with E-state index in [4.69, 9.17) is 0 Å². The summed E-state index contributed by atoms with van der Waals surface area (Å²) in [5.41, 5.74) is 1.70. The van der Waals surface area contributed by atoms with Crippen molar-refractivity contribution in [1.82, 2.24) is 24.9 Å². The number of carbonyl (C=O) groups excluding carboxylic acids is 2. The number of amides is 2. The van der Waals surface area contributed by atoms with Crippen molar-refractivity contribution in [3.8, 4) is 0 Å². The highest BCUT2D eigenvalue weighted by molar-refractivity contribution is 7.05. The van der Waals surface area contributed by atoms with Crippen LogP contribution in [0.5, 0.6) is 0 Å². The van der Waals surface area contributed by atoms with Crippen molar-refractivity contribution in [2.75, 3.05) is 19.6 Å². The van der Waals surface area contributed by atoms with E-state index in [9.17, 15) is 23.5 Å². The van der Waals surface area contributed by atoms with Crippen molar-refractivity contribution in [3.63, 3.8) is 0 Å². The van der Waals surface area contributed by atoms with Gasteiger partial charge in [-0.2, -0.15) is 4.37 Å². The number of nitrogens with one attached hydrogen (secondary N) is 2. The summed E-state index contributed by atoms with van der Waals surface area (Å²) < 4.78 is 32.3. The van der Waals surface area contributed by atoms with E-state index < -0.39 is 29.7 Å². The minimum atomic E-state index is -1.10. The highest BCUT2D eigenvalue weighted by Gasteiger charge is 2.24. The number of nitrogens with zero attached hydrogens (tertiary/aromatic N) is 3. The van der Waals surface area contributed by atoms with Gasteiger partial charge >= 0.3 is 0 Å². The van der Waals surface area contributed by atoms with Gasteiger partial charge in [-0.15, -0.1) is 0 Å². The minimum Gasteiger partial charge on any atom is -0.390 e.